The zero-order valence-corrected chi connectivity index (χ0v) is 11.2. The lowest BCUT2D eigenvalue weighted by Crippen LogP contribution is -2.14. The summed E-state index contributed by atoms with van der Waals surface area (Å²) < 4.78 is 1.89. The van der Waals surface area contributed by atoms with Crippen molar-refractivity contribution < 1.29 is 4.79 Å². The smallest absolute Gasteiger partial charge is 0.230 e. The standard InChI is InChI=1S/C14H10N4OS/c15-8-10-2-1-3-11(6-10)16-13(19)7-12-9-18-4-5-20-14(18)17-12/h1-6,9H,7H2,(H,16,19). The number of rotatable bonds is 3. The molecule has 20 heavy (non-hydrogen) atoms. The van der Waals surface area contributed by atoms with Crippen molar-refractivity contribution in [3.05, 3.63) is 53.3 Å². The van der Waals surface area contributed by atoms with Crippen molar-refractivity contribution in [2.75, 3.05) is 5.32 Å². The van der Waals surface area contributed by atoms with Crippen molar-refractivity contribution >= 4 is 27.9 Å². The summed E-state index contributed by atoms with van der Waals surface area (Å²) in [6.45, 7) is 0. The number of thiazole rings is 1. The van der Waals surface area contributed by atoms with E-state index in [1.54, 1.807) is 24.3 Å². The molecule has 0 unspecified atom stereocenters. The molecule has 0 aliphatic heterocycles. The third-order valence-electron chi connectivity index (χ3n) is 2.76. The SMILES string of the molecule is N#Cc1cccc(NC(=O)Cc2cn3ccsc3n2)c1. The first-order valence-corrected chi connectivity index (χ1v) is 6.83. The summed E-state index contributed by atoms with van der Waals surface area (Å²) in [5, 5.41) is 13.5. The molecule has 0 spiro atoms. The maximum atomic E-state index is 11.9. The van der Waals surface area contributed by atoms with Gasteiger partial charge in [-0.1, -0.05) is 6.07 Å². The average molecular weight is 282 g/mol. The number of fused-ring (bicyclic) bond motifs is 1. The van der Waals surface area contributed by atoms with E-state index in [0.717, 1.165) is 10.7 Å². The van der Waals surface area contributed by atoms with E-state index in [-0.39, 0.29) is 12.3 Å². The Hall–Kier alpha value is -2.65. The molecule has 3 rings (SSSR count). The number of carbonyl (C=O) groups excluding carboxylic acids is 1. The summed E-state index contributed by atoms with van der Waals surface area (Å²) in [5.41, 5.74) is 1.87. The van der Waals surface area contributed by atoms with E-state index >= 15 is 0 Å². The summed E-state index contributed by atoms with van der Waals surface area (Å²) in [6.07, 6.45) is 3.97. The molecular weight excluding hydrogens is 272 g/mol. The van der Waals surface area contributed by atoms with Crippen LogP contribution in [0.2, 0.25) is 0 Å². The van der Waals surface area contributed by atoms with Gasteiger partial charge in [-0.3, -0.25) is 9.20 Å². The Morgan fingerprint density at radius 3 is 3.20 bits per heavy atom. The number of amides is 1. The predicted molar refractivity (Wildman–Crippen MR) is 76.6 cm³/mol. The Labute approximate surface area is 119 Å². The van der Waals surface area contributed by atoms with Gasteiger partial charge < -0.3 is 5.32 Å². The molecule has 0 aliphatic carbocycles. The van der Waals surface area contributed by atoms with Gasteiger partial charge in [0.05, 0.1) is 23.7 Å². The van der Waals surface area contributed by atoms with E-state index in [0.29, 0.717) is 11.3 Å². The molecule has 2 heterocycles. The molecule has 0 saturated heterocycles. The van der Waals surface area contributed by atoms with Crippen molar-refractivity contribution in [2.24, 2.45) is 0 Å². The molecule has 1 amide bonds. The second-order valence-electron chi connectivity index (χ2n) is 4.24. The number of aromatic nitrogens is 2. The first-order valence-electron chi connectivity index (χ1n) is 5.96. The predicted octanol–water partition coefficient (Wildman–Crippen LogP) is 2.45. The first kappa shape index (κ1) is 12.4. The van der Waals surface area contributed by atoms with Crippen molar-refractivity contribution in [1.82, 2.24) is 9.38 Å². The molecule has 6 heteroatoms. The van der Waals surface area contributed by atoms with Crippen LogP contribution >= 0.6 is 11.3 Å². The normalized spacial score (nSPS) is 10.3. The molecule has 0 fully saturated rings. The quantitative estimate of drug-likeness (QED) is 0.802. The van der Waals surface area contributed by atoms with Crippen LogP contribution in [0.3, 0.4) is 0 Å². The average Bonchev–Trinajstić information content (AvgIpc) is 2.99. The molecule has 5 nitrogen and oxygen atoms in total. The fourth-order valence-electron chi connectivity index (χ4n) is 1.90. The number of anilines is 1. The van der Waals surface area contributed by atoms with Gasteiger partial charge in [0.15, 0.2) is 4.96 Å². The van der Waals surface area contributed by atoms with Gasteiger partial charge in [-0.05, 0) is 18.2 Å². The van der Waals surface area contributed by atoms with Gasteiger partial charge in [-0.15, -0.1) is 11.3 Å². The largest absolute Gasteiger partial charge is 0.326 e. The van der Waals surface area contributed by atoms with E-state index in [2.05, 4.69) is 10.3 Å². The van der Waals surface area contributed by atoms with Gasteiger partial charge in [-0.25, -0.2) is 4.98 Å². The number of hydrogen-bond donors (Lipinski definition) is 1. The Balaban J connectivity index is 1.70. The van der Waals surface area contributed by atoms with E-state index < -0.39 is 0 Å². The van der Waals surface area contributed by atoms with Crippen molar-refractivity contribution in [3.8, 4) is 6.07 Å². The third kappa shape index (κ3) is 2.53. The fraction of sp³-hybridized carbons (Fsp3) is 0.0714. The lowest BCUT2D eigenvalue weighted by atomic mass is 10.2. The molecule has 1 N–H and O–H groups in total. The fourth-order valence-corrected chi connectivity index (χ4v) is 2.62. The van der Waals surface area contributed by atoms with Gasteiger partial charge in [0.1, 0.15) is 0 Å². The van der Waals surface area contributed by atoms with Crippen LogP contribution in [0.4, 0.5) is 5.69 Å². The second-order valence-corrected chi connectivity index (χ2v) is 5.12. The highest BCUT2D eigenvalue weighted by molar-refractivity contribution is 7.15. The number of nitrogens with zero attached hydrogens (tertiary/aromatic N) is 3. The molecule has 2 aromatic heterocycles. The zero-order valence-electron chi connectivity index (χ0n) is 10.4. The van der Waals surface area contributed by atoms with Crippen molar-refractivity contribution in [3.63, 3.8) is 0 Å². The van der Waals surface area contributed by atoms with Crippen LogP contribution in [-0.2, 0) is 11.2 Å². The topological polar surface area (TPSA) is 70.2 Å². The van der Waals surface area contributed by atoms with Gasteiger partial charge >= 0.3 is 0 Å². The van der Waals surface area contributed by atoms with Crippen molar-refractivity contribution in [2.45, 2.75) is 6.42 Å². The maximum Gasteiger partial charge on any atom is 0.230 e. The molecule has 0 atom stereocenters. The van der Waals surface area contributed by atoms with Crippen LogP contribution in [0.15, 0.2) is 42.0 Å². The second kappa shape index (κ2) is 5.15. The number of imidazole rings is 1. The van der Waals surface area contributed by atoms with Crippen LogP contribution in [-0.4, -0.2) is 15.3 Å². The number of hydrogen-bond acceptors (Lipinski definition) is 4. The highest BCUT2D eigenvalue weighted by Gasteiger charge is 2.08. The van der Waals surface area contributed by atoms with Crippen LogP contribution in [0.1, 0.15) is 11.3 Å². The number of benzene rings is 1. The Morgan fingerprint density at radius 2 is 2.40 bits per heavy atom. The summed E-state index contributed by atoms with van der Waals surface area (Å²) in [7, 11) is 0. The van der Waals surface area contributed by atoms with Gasteiger partial charge in [0, 0.05) is 23.5 Å². The van der Waals surface area contributed by atoms with Crippen LogP contribution in [0, 0.1) is 11.3 Å². The Kier molecular flexibility index (Phi) is 3.19. The first-order chi connectivity index (χ1) is 9.74. The minimum absolute atomic E-state index is 0.147. The molecular formula is C14H10N4OS. The maximum absolute atomic E-state index is 11.9. The van der Waals surface area contributed by atoms with Gasteiger partial charge in [0.25, 0.3) is 0 Å². The highest BCUT2D eigenvalue weighted by Crippen LogP contribution is 2.13. The van der Waals surface area contributed by atoms with Crippen LogP contribution < -0.4 is 5.32 Å². The minimum Gasteiger partial charge on any atom is -0.326 e. The lowest BCUT2D eigenvalue weighted by Gasteiger charge is -2.03. The molecule has 0 bridgehead atoms. The molecule has 1 aromatic carbocycles. The monoisotopic (exact) mass is 282 g/mol. The highest BCUT2D eigenvalue weighted by atomic mass is 32.1. The molecule has 3 aromatic rings. The van der Waals surface area contributed by atoms with E-state index in [1.165, 1.54) is 11.3 Å². The van der Waals surface area contributed by atoms with E-state index in [1.807, 2.05) is 28.2 Å². The third-order valence-corrected chi connectivity index (χ3v) is 3.53. The Bertz CT molecular complexity index is 783. The zero-order chi connectivity index (χ0) is 13.9. The summed E-state index contributed by atoms with van der Waals surface area (Å²) >= 11 is 1.53. The minimum atomic E-state index is -0.147. The molecule has 0 saturated carbocycles. The van der Waals surface area contributed by atoms with E-state index in [4.69, 9.17) is 5.26 Å². The molecule has 0 radical (unpaired) electrons. The summed E-state index contributed by atoms with van der Waals surface area (Å²) in [6, 6.07) is 8.87. The summed E-state index contributed by atoms with van der Waals surface area (Å²) in [4.78, 5) is 17.2. The number of nitriles is 1. The van der Waals surface area contributed by atoms with Crippen LogP contribution in [0.25, 0.3) is 4.96 Å². The van der Waals surface area contributed by atoms with E-state index in [9.17, 15) is 4.79 Å². The van der Waals surface area contributed by atoms with Gasteiger partial charge in [-0.2, -0.15) is 5.26 Å². The molecule has 0 aliphatic rings. The number of carbonyl (C=O) groups is 1. The van der Waals surface area contributed by atoms with Crippen LogP contribution in [0.5, 0.6) is 0 Å². The lowest BCUT2D eigenvalue weighted by molar-refractivity contribution is -0.115. The van der Waals surface area contributed by atoms with Crippen molar-refractivity contribution in [1.29, 1.82) is 5.26 Å². The van der Waals surface area contributed by atoms with Gasteiger partial charge in [0.2, 0.25) is 5.91 Å². The molecule has 98 valence electrons. The Morgan fingerprint density at radius 1 is 1.50 bits per heavy atom. The number of nitrogens with one attached hydrogen (secondary N) is 1. The summed E-state index contributed by atoms with van der Waals surface area (Å²) in [5.74, 6) is -0.147.